The Morgan fingerprint density at radius 1 is 1.06 bits per heavy atom. The molecule has 0 radical (unpaired) electrons. The molecule has 0 heterocycles. The van der Waals surface area contributed by atoms with Crippen molar-refractivity contribution in [2.45, 2.75) is 6.42 Å². The van der Waals surface area contributed by atoms with Crippen LogP contribution < -0.4 is 11.5 Å². The second kappa shape index (κ2) is 5.56. The molecule has 2 aromatic carbocycles. The maximum absolute atomic E-state index is 6.06. The Kier molecular flexibility index (Phi) is 3.85. The Labute approximate surface area is 107 Å². The van der Waals surface area contributed by atoms with Gasteiger partial charge in [0.05, 0.1) is 18.0 Å². The first-order valence-electron chi connectivity index (χ1n) is 5.94. The van der Waals surface area contributed by atoms with Crippen LogP contribution in [0, 0.1) is 0 Å². The maximum Gasteiger partial charge on any atom is 0.0627 e. The number of nitrogens with two attached hydrogens (primary N) is 2. The highest BCUT2D eigenvalue weighted by Gasteiger charge is 2.07. The van der Waals surface area contributed by atoms with Crippen molar-refractivity contribution in [2.75, 3.05) is 25.2 Å². The third-order valence-electron chi connectivity index (χ3n) is 2.95. The van der Waals surface area contributed by atoms with Crippen LogP contribution in [0.3, 0.4) is 0 Å². The van der Waals surface area contributed by atoms with E-state index in [9.17, 15) is 0 Å². The van der Waals surface area contributed by atoms with Crippen molar-refractivity contribution in [1.82, 2.24) is 0 Å². The van der Waals surface area contributed by atoms with Crippen LogP contribution in [0.4, 0.5) is 11.4 Å². The Balaban J connectivity index is 2.43. The second-order valence-electron chi connectivity index (χ2n) is 4.26. The first kappa shape index (κ1) is 12.5. The minimum atomic E-state index is 0.627. The summed E-state index contributed by atoms with van der Waals surface area (Å²) < 4.78 is 5.09. The minimum Gasteiger partial charge on any atom is -0.397 e. The summed E-state index contributed by atoms with van der Waals surface area (Å²) in [6.45, 7) is 0.678. The van der Waals surface area contributed by atoms with Crippen molar-refractivity contribution in [1.29, 1.82) is 0 Å². The van der Waals surface area contributed by atoms with Crippen LogP contribution in [-0.4, -0.2) is 13.7 Å². The van der Waals surface area contributed by atoms with Crippen molar-refractivity contribution in [3.63, 3.8) is 0 Å². The van der Waals surface area contributed by atoms with Crippen LogP contribution in [-0.2, 0) is 11.2 Å². The first-order chi connectivity index (χ1) is 8.72. The Bertz CT molecular complexity index is 524. The zero-order chi connectivity index (χ0) is 13.0. The molecule has 0 unspecified atom stereocenters. The third kappa shape index (κ3) is 2.63. The number of ether oxygens (including phenoxy) is 1. The predicted molar refractivity (Wildman–Crippen MR) is 76.3 cm³/mol. The number of anilines is 2. The maximum atomic E-state index is 6.06. The fourth-order valence-corrected chi connectivity index (χ4v) is 1.96. The lowest BCUT2D eigenvalue weighted by Gasteiger charge is -2.12. The van der Waals surface area contributed by atoms with Gasteiger partial charge in [0.25, 0.3) is 0 Å². The van der Waals surface area contributed by atoms with Gasteiger partial charge in [0.2, 0.25) is 0 Å². The molecule has 0 spiro atoms. The topological polar surface area (TPSA) is 61.3 Å². The molecule has 18 heavy (non-hydrogen) atoms. The van der Waals surface area contributed by atoms with Gasteiger partial charge in [0.1, 0.15) is 0 Å². The van der Waals surface area contributed by atoms with Gasteiger partial charge in [-0.05, 0) is 29.7 Å². The Morgan fingerprint density at radius 3 is 2.44 bits per heavy atom. The predicted octanol–water partition coefficient (Wildman–Crippen LogP) is 2.71. The molecule has 94 valence electrons. The van der Waals surface area contributed by atoms with E-state index in [1.54, 1.807) is 7.11 Å². The monoisotopic (exact) mass is 242 g/mol. The van der Waals surface area contributed by atoms with Crippen LogP contribution in [0.15, 0.2) is 42.5 Å². The number of hydrogen-bond donors (Lipinski definition) is 2. The van der Waals surface area contributed by atoms with Crippen molar-refractivity contribution in [2.24, 2.45) is 0 Å². The van der Waals surface area contributed by atoms with Crippen LogP contribution in [0.25, 0.3) is 11.1 Å². The summed E-state index contributed by atoms with van der Waals surface area (Å²) in [4.78, 5) is 0. The van der Waals surface area contributed by atoms with Crippen molar-refractivity contribution in [3.05, 3.63) is 48.0 Å². The van der Waals surface area contributed by atoms with Gasteiger partial charge in [-0.2, -0.15) is 0 Å². The van der Waals surface area contributed by atoms with E-state index in [0.717, 1.165) is 23.1 Å². The Hall–Kier alpha value is -2.00. The van der Waals surface area contributed by atoms with E-state index in [2.05, 4.69) is 6.07 Å². The largest absolute Gasteiger partial charge is 0.397 e. The summed E-state index contributed by atoms with van der Waals surface area (Å²) in [5.74, 6) is 0. The van der Waals surface area contributed by atoms with E-state index < -0.39 is 0 Å². The molecule has 0 saturated heterocycles. The molecule has 0 fully saturated rings. The molecule has 3 nitrogen and oxygen atoms in total. The summed E-state index contributed by atoms with van der Waals surface area (Å²) in [6.07, 6.45) is 0.834. The lowest BCUT2D eigenvalue weighted by Crippen LogP contribution is -2.01. The summed E-state index contributed by atoms with van der Waals surface area (Å²) >= 11 is 0. The van der Waals surface area contributed by atoms with E-state index >= 15 is 0 Å². The van der Waals surface area contributed by atoms with Gasteiger partial charge in [-0.15, -0.1) is 0 Å². The fourth-order valence-electron chi connectivity index (χ4n) is 1.96. The van der Waals surface area contributed by atoms with E-state index in [1.807, 2.05) is 36.4 Å². The molecular formula is C15H18N2O. The third-order valence-corrected chi connectivity index (χ3v) is 2.95. The molecule has 3 heteroatoms. The number of nitrogen functional groups attached to an aromatic ring is 2. The summed E-state index contributed by atoms with van der Waals surface area (Å²) in [6, 6.07) is 14.0. The fraction of sp³-hybridized carbons (Fsp3) is 0.200. The number of benzene rings is 2. The molecule has 0 aliphatic heterocycles. The normalized spacial score (nSPS) is 10.5. The van der Waals surface area contributed by atoms with Gasteiger partial charge in [-0.25, -0.2) is 0 Å². The average molecular weight is 242 g/mol. The van der Waals surface area contributed by atoms with Gasteiger partial charge in [-0.1, -0.05) is 30.3 Å². The number of methoxy groups -OCH3 is 1. The van der Waals surface area contributed by atoms with Crippen molar-refractivity contribution in [3.8, 4) is 11.1 Å². The van der Waals surface area contributed by atoms with Crippen LogP contribution in [0.1, 0.15) is 5.56 Å². The molecule has 0 aromatic heterocycles. The summed E-state index contributed by atoms with van der Waals surface area (Å²) in [5, 5.41) is 0. The molecule has 4 N–H and O–H groups in total. The zero-order valence-electron chi connectivity index (χ0n) is 10.5. The zero-order valence-corrected chi connectivity index (χ0v) is 10.5. The summed E-state index contributed by atoms with van der Waals surface area (Å²) in [5.41, 5.74) is 16.5. The highest BCUT2D eigenvalue weighted by atomic mass is 16.5. The lowest BCUT2D eigenvalue weighted by molar-refractivity contribution is 0.202. The SMILES string of the molecule is COCCc1cc(N)c(N)c(-c2ccccc2)c1. The van der Waals surface area contributed by atoms with E-state index in [-0.39, 0.29) is 0 Å². The van der Waals surface area contributed by atoms with Gasteiger partial charge >= 0.3 is 0 Å². The first-order valence-corrected chi connectivity index (χ1v) is 5.94. The molecule has 0 bridgehead atoms. The van der Waals surface area contributed by atoms with E-state index in [4.69, 9.17) is 16.2 Å². The van der Waals surface area contributed by atoms with E-state index in [1.165, 1.54) is 0 Å². The van der Waals surface area contributed by atoms with Crippen molar-refractivity contribution >= 4 is 11.4 Å². The van der Waals surface area contributed by atoms with Crippen molar-refractivity contribution < 1.29 is 4.74 Å². The standard InChI is InChI=1S/C15H18N2O/c1-18-8-7-11-9-13(15(17)14(16)10-11)12-5-3-2-4-6-12/h2-6,9-10H,7-8,16-17H2,1H3. The van der Waals surface area contributed by atoms with E-state index in [0.29, 0.717) is 18.0 Å². The smallest absolute Gasteiger partial charge is 0.0627 e. The highest BCUT2D eigenvalue weighted by Crippen LogP contribution is 2.31. The van der Waals surface area contributed by atoms with Gasteiger partial charge in [0.15, 0.2) is 0 Å². The molecule has 0 aliphatic rings. The molecule has 2 aromatic rings. The minimum absolute atomic E-state index is 0.627. The van der Waals surface area contributed by atoms with Crippen LogP contribution in [0.5, 0.6) is 0 Å². The number of rotatable bonds is 4. The quantitative estimate of drug-likeness (QED) is 0.810. The van der Waals surface area contributed by atoms with Crippen LogP contribution >= 0.6 is 0 Å². The molecule has 2 rings (SSSR count). The lowest BCUT2D eigenvalue weighted by atomic mass is 9.99. The Morgan fingerprint density at radius 2 is 1.78 bits per heavy atom. The number of hydrogen-bond acceptors (Lipinski definition) is 3. The van der Waals surface area contributed by atoms with Gasteiger partial charge in [0, 0.05) is 12.7 Å². The molecule has 0 saturated carbocycles. The average Bonchev–Trinajstić information content (AvgIpc) is 2.41. The molecule has 0 atom stereocenters. The van der Waals surface area contributed by atoms with Crippen LogP contribution in [0.2, 0.25) is 0 Å². The van der Waals surface area contributed by atoms with Gasteiger partial charge < -0.3 is 16.2 Å². The van der Waals surface area contributed by atoms with Gasteiger partial charge in [-0.3, -0.25) is 0 Å². The summed E-state index contributed by atoms with van der Waals surface area (Å²) in [7, 11) is 1.69. The molecule has 0 amide bonds. The highest BCUT2D eigenvalue weighted by molar-refractivity contribution is 5.85. The second-order valence-corrected chi connectivity index (χ2v) is 4.26. The molecular weight excluding hydrogens is 224 g/mol. The molecule has 0 aliphatic carbocycles.